The predicted molar refractivity (Wildman–Crippen MR) is 66.3 cm³/mol. The minimum absolute atomic E-state index is 0.00634. The Morgan fingerprint density at radius 1 is 1.24 bits per heavy atom. The van der Waals surface area contributed by atoms with Gasteiger partial charge in [0.15, 0.2) is 0 Å². The molecule has 1 aliphatic carbocycles. The minimum Gasteiger partial charge on any atom is -0.340 e. The zero-order valence-electron chi connectivity index (χ0n) is 11.4. The molecule has 0 bridgehead atoms. The van der Waals surface area contributed by atoms with Crippen molar-refractivity contribution in [2.24, 2.45) is 5.41 Å². The molecule has 17 heavy (non-hydrogen) atoms. The van der Waals surface area contributed by atoms with Crippen LogP contribution >= 0.6 is 0 Å². The summed E-state index contributed by atoms with van der Waals surface area (Å²) >= 11 is 0. The van der Waals surface area contributed by atoms with Crippen LogP contribution in [-0.4, -0.2) is 18.0 Å². The topological polar surface area (TPSA) is 27.7 Å². The number of ether oxygens (including phenoxy) is 1. The lowest BCUT2D eigenvalue weighted by atomic mass is 9.83. The molecular formula is C14H24O3. The van der Waals surface area contributed by atoms with Crippen LogP contribution in [0, 0.1) is 5.41 Å². The molecule has 2 fully saturated rings. The summed E-state index contributed by atoms with van der Waals surface area (Å²) in [6.07, 6.45) is 4.01. The van der Waals surface area contributed by atoms with Crippen LogP contribution in [0.5, 0.6) is 0 Å². The van der Waals surface area contributed by atoms with Crippen molar-refractivity contribution in [1.29, 1.82) is 0 Å². The molecule has 2 rings (SSSR count). The molecular weight excluding hydrogens is 216 g/mol. The first-order valence-corrected chi connectivity index (χ1v) is 6.52. The summed E-state index contributed by atoms with van der Waals surface area (Å²) in [6, 6.07) is 0. The van der Waals surface area contributed by atoms with Gasteiger partial charge >= 0.3 is 0 Å². The Morgan fingerprint density at radius 2 is 1.82 bits per heavy atom. The Bertz CT molecular complexity index is 297. The summed E-state index contributed by atoms with van der Waals surface area (Å²) in [5, 5.41) is 0. The number of hydrogen-bond donors (Lipinski definition) is 0. The van der Waals surface area contributed by atoms with Crippen LogP contribution in [0.1, 0.15) is 53.4 Å². The van der Waals surface area contributed by atoms with Crippen LogP contribution in [0.25, 0.3) is 0 Å². The van der Waals surface area contributed by atoms with Gasteiger partial charge in [-0.3, -0.25) is 0 Å². The Morgan fingerprint density at radius 3 is 2.29 bits per heavy atom. The van der Waals surface area contributed by atoms with E-state index >= 15 is 0 Å². The average molecular weight is 240 g/mol. The molecule has 1 aliphatic heterocycles. The van der Waals surface area contributed by atoms with E-state index in [0.29, 0.717) is 0 Å². The van der Waals surface area contributed by atoms with Gasteiger partial charge in [0.05, 0.1) is 6.10 Å². The lowest BCUT2D eigenvalue weighted by Crippen LogP contribution is -2.54. The van der Waals surface area contributed by atoms with E-state index in [9.17, 15) is 0 Å². The molecule has 3 heteroatoms. The zero-order chi connectivity index (χ0) is 12.7. The van der Waals surface area contributed by atoms with Gasteiger partial charge in [-0.15, -0.1) is 0 Å². The molecule has 0 amide bonds. The number of rotatable bonds is 1. The molecule has 1 spiro atoms. The van der Waals surface area contributed by atoms with Gasteiger partial charge in [0.1, 0.15) is 6.10 Å². The zero-order valence-corrected chi connectivity index (χ0v) is 11.4. The van der Waals surface area contributed by atoms with Crippen molar-refractivity contribution in [3.8, 4) is 0 Å². The quantitative estimate of drug-likeness (QED) is 0.518. The van der Waals surface area contributed by atoms with Crippen LogP contribution in [0.4, 0.5) is 0 Å². The van der Waals surface area contributed by atoms with Crippen molar-refractivity contribution in [3.05, 3.63) is 12.2 Å². The van der Waals surface area contributed by atoms with Gasteiger partial charge < -0.3 is 4.74 Å². The lowest BCUT2D eigenvalue weighted by molar-refractivity contribution is -0.501. The third-order valence-corrected chi connectivity index (χ3v) is 3.62. The molecule has 1 heterocycles. The van der Waals surface area contributed by atoms with Gasteiger partial charge in [-0.1, -0.05) is 27.4 Å². The maximum absolute atomic E-state index is 6.27. The lowest BCUT2D eigenvalue weighted by Gasteiger charge is -2.46. The highest BCUT2D eigenvalue weighted by Crippen LogP contribution is 2.44. The monoisotopic (exact) mass is 240 g/mol. The Labute approximate surface area is 104 Å². The predicted octanol–water partition coefficient (Wildman–Crippen LogP) is 3.59. The van der Waals surface area contributed by atoms with Crippen molar-refractivity contribution < 1.29 is 14.5 Å². The van der Waals surface area contributed by atoms with Gasteiger partial charge in [0.25, 0.3) is 0 Å². The third kappa shape index (κ3) is 2.56. The molecule has 3 nitrogen and oxygen atoms in total. The van der Waals surface area contributed by atoms with Crippen molar-refractivity contribution in [2.45, 2.75) is 71.4 Å². The van der Waals surface area contributed by atoms with Crippen molar-refractivity contribution in [1.82, 2.24) is 0 Å². The normalized spacial score (nSPS) is 32.9. The molecule has 1 saturated carbocycles. The van der Waals surface area contributed by atoms with Crippen LogP contribution in [-0.2, 0) is 14.5 Å². The fraction of sp³-hybridized carbons (Fsp3) is 0.857. The summed E-state index contributed by atoms with van der Waals surface area (Å²) in [4.78, 5) is 11.1. The molecule has 2 atom stereocenters. The second-order valence-corrected chi connectivity index (χ2v) is 6.47. The molecule has 0 aromatic rings. The van der Waals surface area contributed by atoms with E-state index in [4.69, 9.17) is 14.5 Å². The minimum atomic E-state index is -0.496. The van der Waals surface area contributed by atoms with Gasteiger partial charge in [-0.2, -0.15) is 0 Å². The summed E-state index contributed by atoms with van der Waals surface area (Å²) in [5.41, 5.74) is 0.973. The van der Waals surface area contributed by atoms with Crippen molar-refractivity contribution in [2.75, 3.05) is 0 Å². The van der Waals surface area contributed by atoms with Crippen molar-refractivity contribution in [3.63, 3.8) is 0 Å². The van der Waals surface area contributed by atoms with E-state index in [-0.39, 0.29) is 17.6 Å². The molecule has 2 aliphatic rings. The van der Waals surface area contributed by atoms with E-state index in [1.54, 1.807) is 0 Å². The highest BCUT2D eigenvalue weighted by atomic mass is 17.2. The van der Waals surface area contributed by atoms with Crippen LogP contribution in [0.2, 0.25) is 0 Å². The largest absolute Gasteiger partial charge is 0.340 e. The van der Waals surface area contributed by atoms with E-state index < -0.39 is 5.79 Å². The van der Waals surface area contributed by atoms with Crippen molar-refractivity contribution >= 4 is 0 Å². The smallest absolute Gasteiger partial charge is 0.202 e. The first kappa shape index (κ1) is 13.1. The molecule has 0 radical (unpaired) electrons. The van der Waals surface area contributed by atoms with E-state index in [0.717, 1.165) is 31.3 Å². The van der Waals surface area contributed by atoms with Crippen LogP contribution < -0.4 is 0 Å². The van der Waals surface area contributed by atoms with E-state index in [2.05, 4.69) is 27.4 Å². The SMILES string of the molecule is C=C(C)C1OOC2(CCCC2)O[C@H]1C(C)(C)C. The van der Waals surface area contributed by atoms with Crippen LogP contribution in [0.3, 0.4) is 0 Å². The Balaban J connectivity index is 2.18. The summed E-state index contributed by atoms with van der Waals surface area (Å²) in [7, 11) is 0. The average Bonchev–Trinajstić information content (AvgIpc) is 2.64. The van der Waals surface area contributed by atoms with Crippen LogP contribution in [0.15, 0.2) is 12.2 Å². The molecule has 0 N–H and O–H groups in total. The summed E-state index contributed by atoms with van der Waals surface area (Å²) in [6.45, 7) is 12.4. The van der Waals surface area contributed by atoms with Gasteiger partial charge in [0.2, 0.25) is 5.79 Å². The highest BCUT2D eigenvalue weighted by Gasteiger charge is 2.50. The maximum Gasteiger partial charge on any atom is 0.202 e. The fourth-order valence-corrected chi connectivity index (χ4v) is 2.59. The highest BCUT2D eigenvalue weighted by molar-refractivity contribution is 5.06. The molecule has 1 unspecified atom stereocenters. The molecule has 0 aromatic heterocycles. The van der Waals surface area contributed by atoms with Gasteiger partial charge in [-0.25, -0.2) is 9.78 Å². The fourth-order valence-electron chi connectivity index (χ4n) is 2.59. The molecule has 0 aromatic carbocycles. The van der Waals surface area contributed by atoms with Gasteiger partial charge in [0, 0.05) is 12.8 Å². The standard InChI is InChI=1S/C14H24O3/c1-10(2)11-12(13(3,4)5)15-14(17-16-11)8-6-7-9-14/h11-12H,1,6-9H2,2-5H3/t11?,12-/m1/s1. The Kier molecular flexibility index (Phi) is 3.36. The second kappa shape index (κ2) is 4.38. The molecule has 98 valence electrons. The Hall–Kier alpha value is -0.380. The maximum atomic E-state index is 6.27. The van der Waals surface area contributed by atoms with E-state index in [1.165, 1.54) is 0 Å². The first-order valence-electron chi connectivity index (χ1n) is 6.52. The number of hydrogen-bond acceptors (Lipinski definition) is 3. The summed E-state index contributed by atoms with van der Waals surface area (Å²) < 4.78 is 6.27. The summed E-state index contributed by atoms with van der Waals surface area (Å²) in [5.74, 6) is -0.496. The third-order valence-electron chi connectivity index (χ3n) is 3.62. The van der Waals surface area contributed by atoms with Gasteiger partial charge in [-0.05, 0) is 30.8 Å². The molecule has 1 saturated heterocycles. The first-order chi connectivity index (χ1) is 7.84. The second-order valence-electron chi connectivity index (χ2n) is 6.47. The van der Waals surface area contributed by atoms with E-state index in [1.807, 2.05) is 6.92 Å².